The van der Waals surface area contributed by atoms with Gasteiger partial charge in [-0.05, 0) is 60.0 Å². The molecule has 4 rings (SSSR count). The first-order chi connectivity index (χ1) is 14.5. The zero-order valence-electron chi connectivity index (χ0n) is 17.5. The third kappa shape index (κ3) is 4.05. The van der Waals surface area contributed by atoms with Crippen molar-refractivity contribution in [3.8, 4) is 11.1 Å². The Morgan fingerprint density at radius 2 is 1.10 bits per heavy atom. The average molecular weight is 413 g/mol. The van der Waals surface area contributed by atoms with Gasteiger partial charge in [0.05, 0.1) is 16.4 Å². The number of halogens is 1. The third-order valence-corrected chi connectivity index (χ3v) is 5.80. The van der Waals surface area contributed by atoms with E-state index in [0.717, 1.165) is 27.8 Å². The van der Waals surface area contributed by atoms with Gasteiger partial charge < -0.3 is 9.80 Å². The van der Waals surface area contributed by atoms with Gasteiger partial charge in [0.1, 0.15) is 0 Å². The summed E-state index contributed by atoms with van der Waals surface area (Å²) in [4.78, 5) is 4.27. The average Bonchev–Trinajstić information content (AvgIpc) is 2.79. The van der Waals surface area contributed by atoms with Crippen molar-refractivity contribution in [1.29, 1.82) is 0 Å². The van der Waals surface area contributed by atoms with Gasteiger partial charge in [-0.3, -0.25) is 0 Å². The van der Waals surface area contributed by atoms with E-state index in [4.69, 9.17) is 11.6 Å². The van der Waals surface area contributed by atoms with E-state index in [9.17, 15) is 0 Å². The third-order valence-electron chi connectivity index (χ3n) is 5.41. The number of nitrogens with zero attached hydrogens (tertiary/aromatic N) is 2. The lowest BCUT2D eigenvalue weighted by atomic mass is 10.0. The van der Waals surface area contributed by atoms with Crippen LogP contribution >= 0.6 is 11.6 Å². The van der Waals surface area contributed by atoms with E-state index in [-0.39, 0.29) is 0 Å². The Hall–Kier alpha value is -3.23. The Morgan fingerprint density at radius 1 is 0.567 bits per heavy atom. The van der Waals surface area contributed by atoms with E-state index in [1.165, 1.54) is 16.7 Å². The molecule has 0 saturated carbocycles. The molecule has 3 heteroatoms. The van der Waals surface area contributed by atoms with E-state index >= 15 is 0 Å². The number of hydrogen-bond donors (Lipinski definition) is 0. The van der Waals surface area contributed by atoms with Crippen molar-refractivity contribution in [1.82, 2.24) is 0 Å². The molecule has 30 heavy (non-hydrogen) atoms. The first-order valence-corrected chi connectivity index (χ1v) is 10.4. The molecule has 0 heterocycles. The SMILES string of the molecule is Cc1cccc(N(C)c2cccc(N(C)c3cccc(-c4ccccc4)c3)c2Cl)c1. The zero-order valence-corrected chi connectivity index (χ0v) is 18.3. The summed E-state index contributed by atoms with van der Waals surface area (Å²) in [5, 5.41) is 0.731. The van der Waals surface area contributed by atoms with Crippen LogP contribution in [0.4, 0.5) is 22.7 Å². The minimum Gasteiger partial charge on any atom is -0.343 e. The van der Waals surface area contributed by atoms with E-state index in [1.807, 2.05) is 6.07 Å². The molecule has 0 spiro atoms. The molecule has 0 fully saturated rings. The summed E-state index contributed by atoms with van der Waals surface area (Å²) in [6, 6.07) is 33.6. The fourth-order valence-corrected chi connectivity index (χ4v) is 4.05. The smallest absolute Gasteiger partial charge is 0.0879 e. The largest absolute Gasteiger partial charge is 0.343 e. The lowest BCUT2D eigenvalue weighted by Crippen LogP contribution is -2.14. The van der Waals surface area contributed by atoms with Gasteiger partial charge in [0.15, 0.2) is 0 Å². The molecule has 2 nitrogen and oxygen atoms in total. The highest BCUT2D eigenvalue weighted by atomic mass is 35.5. The highest BCUT2D eigenvalue weighted by Crippen LogP contribution is 2.40. The predicted octanol–water partition coefficient (Wildman–Crippen LogP) is 7.85. The van der Waals surface area contributed by atoms with Crippen LogP contribution in [0.2, 0.25) is 5.02 Å². The fourth-order valence-electron chi connectivity index (χ4n) is 3.67. The molecule has 0 N–H and O–H groups in total. The van der Waals surface area contributed by atoms with E-state index < -0.39 is 0 Å². The topological polar surface area (TPSA) is 6.48 Å². The van der Waals surface area contributed by atoms with Crippen LogP contribution in [-0.4, -0.2) is 14.1 Å². The Bertz CT molecular complexity index is 1150. The molecule has 0 aliphatic heterocycles. The van der Waals surface area contributed by atoms with Gasteiger partial charge in [0.2, 0.25) is 0 Å². The summed E-state index contributed by atoms with van der Waals surface area (Å²) in [6.07, 6.45) is 0. The Labute approximate surface area is 184 Å². The highest BCUT2D eigenvalue weighted by Gasteiger charge is 2.15. The van der Waals surface area contributed by atoms with Crippen LogP contribution in [0.15, 0.2) is 97.1 Å². The lowest BCUT2D eigenvalue weighted by Gasteiger charge is -2.26. The molecule has 0 atom stereocenters. The van der Waals surface area contributed by atoms with Crippen LogP contribution < -0.4 is 9.80 Å². The normalized spacial score (nSPS) is 10.7. The second-order valence-electron chi connectivity index (χ2n) is 7.48. The molecule has 150 valence electrons. The monoisotopic (exact) mass is 412 g/mol. The van der Waals surface area contributed by atoms with Crippen molar-refractivity contribution in [3.63, 3.8) is 0 Å². The van der Waals surface area contributed by atoms with Crippen LogP contribution in [-0.2, 0) is 0 Å². The quantitative estimate of drug-likeness (QED) is 0.329. The summed E-state index contributed by atoms with van der Waals surface area (Å²) in [7, 11) is 4.11. The number of anilines is 4. The number of rotatable bonds is 5. The highest BCUT2D eigenvalue weighted by molar-refractivity contribution is 6.36. The van der Waals surface area contributed by atoms with Crippen molar-refractivity contribution in [2.24, 2.45) is 0 Å². The van der Waals surface area contributed by atoms with Crippen LogP contribution in [0.1, 0.15) is 5.56 Å². The van der Waals surface area contributed by atoms with E-state index in [2.05, 4.69) is 122 Å². The molecule has 4 aromatic carbocycles. The van der Waals surface area contributed by atoms with Gasteiger partial charge in [-0.1, -0.05) is 72.3 Å². The van der Waals surface area contributed by atoms with Gasteiger partial charge >= 0.3 is 0 Å². The second kappa shape index (κ2) is 8.64. The molecule has 0 saturated heterocycles. The summed E-state index contributed by atoms with van der Waals surface area (Å²) in [6.45, 7) is 2.10. The van der Waals surface area contributed by atoms with Crippen molar-refractivity contribution in [2.45, 2.75) is 6.92 Å². The molecule has 0 radical (unpaired) electrons. The first-order valence-electron chi connectivity index (χ1n) is 10.0. The summed E-state index contributed by atoms with van der Waals surface area (Å²) in [5.74, 6) is 0. The van der Waals surface area contributed by atoms with Crippen LogP contribution in [0, 0.1) is 6.92 Å². The van der Waals surface area contributed by atoms with Crippen molar-refractivity contribution < 1.29 is 0 Å². The van der Waals surface area contributed by atoms with Gasteiger partial charge in [-0.25, -0.2) is 0 Å². The number of aryl methyl sites for hydroxylation is 1. The Morgan fingerprint density at radius 3 is 1.73 bits per heavy atom. The number of benzene rings is 4. The Balaban J connectivity index is 1.69. The van der Waals surface area contributed by atoms with E-state index in [1.54, 1.807) is 0 Å². The van der Waals surface area contributed by atoms with Gasteiger partial charge in [-0.15, -0.1) is 0 Å². The molecule has 0 amide bonds. The Kier molecular flexibility index (Phi) is 5.78. The molecule has 0 aliphatic carbocycles. The summed E-state index contributed by atoms with van der Waals surface area (Å²) in [5.41, 5.74) is 7.76. The second-order valence-corrected chi connectivity index (χ2v) is 7.86. The zero-order chi connectivity index (χ0) is 21.1. The molecular weight excluding hydrogens is 388 g/mol. The van der Waals surface area contributed by atoms with E-state index in [0.29, 0.717) is 0 Å². The molecule has 4 aromatic rings. The van der Waals surface area contributed by atoms with Crippen molar-refractivity contribution in [3.05, 3.63) is 108 Å². The minimum absolute atomic E-state index is 0.731. The molecule has 0 aliphatic rings. The standard InChI is InChI=1S/C27H25ClN2/c1-20-10-7-14-23(18-20)29(2)25-16-9-17-26(27(25)28)30(3)24-15-8-13-22(19-24)21-11-5-4-6-12-21/h4-19H,1-3H3. The molecular formula is C27H25ClN2. The maximum atomic E-state index is 6.91. The summed E-state index contributed by atoms with van der Waals surface area (Å²) >= 11 is 6.91. The minimum atomic E-state index is 0.731. The van der Waals surface area contributed by atoms with Crippen molar-refractivity contribution in [2.75, 3.05) is 23.9 Å². The van der Waals surface area contributed by atoms with Crippen LogP contribution in [0.3, 0.4) is 0 Å². The number of hydrogen-bond acceptors (Lipinski definition) is 2. The predicted molar refractivity (Wildman–Crippen MR) is 131 cm³/mol. The first kappa shape index (κ1) is 20.1. The molecule has 0 unspecified atom stereocenters. The van der Waals surface area contributed by atoms with Crippen LogP contribution in [0.5, 0.6) is 0 Å². The van der Waals surface area contributed by atoms with Gasteiger partial charge in [-0.2, -0.15) is 0 Å². The molecule has 0 bridgehead atoms. The van der Waals surface area contributed by atoms with Crippen molar-refractivity contribution >= 4 is 34.4 Å². The maximum Gasteiger partial charge on any atom is 0.0879 e. The van der Waals surface area contributed by atoms with Crippen LogP contribution in [0.25, 0.3) is 11.1 Å². The van der Waals surface area contributed by atoms with Gasteiger partial charge in [0, 0.05) is 25.5 Å². The maximum absolute atomic E-state index is 6.91. The lowest BCUT2D eigenvalue weighted by molar-refractivity contribution is 1.17. The fraction of sp³-hybridized carbons (Fsp3) is 0.111. The molecule has 0 aromatic heterocycles. The van der Waals surface area contributed by atoms with Gasteiger partial charge in [0.25, 0.3) is 0 Å². The summed E-state index contributed by atoms with van der Waals surface area (Å²) < 4.78 is 0.